The summed E-state index contributed by atoms with van der Waals surface area (Å²) < 4.78 is 1.74. The van der Waals surface area contributed by atoms with Crippen molar-refractivity contribution in [2.24, 2.45) is 12.5 Å². The molecule has 2 aliphatic heterocycles. The molecule has 126 valence electrons. The molecule has 2 aromatic heterocycles. The van der Waals surface area contributed by atoms with Gasteiger partial charge in [-0.05, 0) is 30.7 Å². The number of nitrogens with zero attached hydrogens (tertiary/aromatic N) is 4. The summed E-state index contributed by atoms with van der Waals surface area (Å²) in [5, 5.41) is 7.97. The van der Waals surface area contributed by atoms with Gasteiger partial charge in [0.2, 0.25) is 5.91 Å². The van der Waals surface area contributed by atoms with E-state index in [9.17, 15) is 9.59 Å². The summed E-state index contributed by atoms with van der Waals surface area (Å²) in [7, 11) is 1.86. The number of aryl methyl sites for hydroxylation is 1. The van der Waals surface area contributed by atoms with E-state index in [1.807, 2.05) is 39.7 Å². The lowest BCUT2D eigenvalue weighted by Crippen LogP contribution is -2.46. The third-order valence-corrected chi connectivity index (χ3v) is 6.04. The average molecular weight is 344 g/mol. The van der Waals surface area contributed by atoms with Crippen LogP contribution in [0.15, 0.2) is 29.1 Å². The van der Waals surface area contributed by atoms with Crippen molar-refractivity contribution in [3.63, 3.8) is 0 Å². The average Bonchev–Trinajstić information content (AvgIpc) is 3.32. The Morgan fingerprint density at radius 1 is 1.21 bits per heavy atom. The van der Waals surface area contributed by atoms with Crippen molar-refractivity contribution in [3.05, 3.63) is 34.7 Å². The van der Waals surface area contributed by atoms with Gasteiger partial charge >= 0.3 is 0 Å². The van der Waals surface area contributed by atoms with Crippen LogP contribution in [0.3, 0.4) is 0 Å². The van der Waals surface area contributed by atoms with Gasteiger partial charge < -0.3 is 4.90 Å². The molecule has 7 heteroatoms. The molecule has 2 saturated heterocycles. The fourth-order valence-electron chi connectivity index (χ4n) is 3.84. The Bertz CT molecular complexity index is 759. The van der Waals surface area contributed by atoms with E-state index in [0.717, 1.165) is 37.2 Å². The first-order chi connectivity index (χ1) is 11.6. The van der Waals surface area contributed by atoms with E-state index in [4.69, 9.17) is 0 Å². The van der Waals surface area contributed by atoms with Crippen LogP contribution in [0.1, 0.15) is 29.6 Å². The monoisotopic (exact) mass is 344 g/mol. The topological polar surface area (TPSA) is 58.4 Å². The quantitative estimate of drug-likeness (QED) is 0.839. The van der Waals surface area contributed by atoms with Gasteiger partial charge in [0.05, 0.1) is 17.2 Å². The molecule has 2 aromatic rings. The zero-order valence-electron chi connectivity index (χ0n) is 13.6. The van der Waals surface area contributed by atoms with Crippen LogP contribution in [0.25, 0.3) is 0 Å². The van der Waals surface area contributed by atoms with E-state index in [1.54, 1.807) is 10.9 Å². The van der Waals surface area contributed by atoms with Gasteiger partial charge in [0.25, 0.3) is 5.91 Å². The molecule has 0 unspecified atom stereocenters. The minimum absolute atomic E-state index is 0.0834. The minimum Gasteiger partial charge on any atom is -0.339 e. The third-order valence-electron chi connectivity index (χ3n) is 5.36. The summed E-state index contributed by atoms with van der Waals surface area (Å²) in [5.74, 6) is 1.13. The predicted molar refractivity (Wildman–Crippen MR) is 92.1 cm³/mol. The van der Waals surface area contributed by atoms with Crippen LogP contribution in [0.2, 0.25) is 0 Å². The molecule has 2 amide bonds. The number of thiophene rings is 1. The second-order valence-electron chi connectivity index (χ2n) is 6.60. The number of anilines is 1. The molecular formula is C17H20N4O2S. The van der Waals surface area contributed by atoms with Crippen molar-refractivity contribution in [2.75, 3.05) is 24.5 Å². The molecule has 0 atom stereocenters. The van der Waals surface area contributed by atoms with Gasteiger partial charge in [-0.3, -0.25) is 19.2 Å². The first-order valence-corrected chi connectivity index (χ1v) is 9.16. The third kappa shape index (κ3) is 2.34. The first-order valence-electron chi connectivity index (χ1n) is 8.22. The maximum atomic E-state index is 13.0. The molecule has 24 heavy (non-hydrogen) atoms. The number of hydrogen-bond acceptors (Lipinski definition) is 4. The summed E-state index contributed by atoms with van der Waals surface area (Å²) in [5.41, 5.74) is 0.445. The van der Waals surface area contributed by atoms with E-state index in [1.165, 1.54) is 11.3 Å². The molecule has 6 nitrogen and oxygen atoms in total. The van der Waals surface area contributed by atoms with Gasteiger partial charge in [0.1, 0.15) is 5.82 Å². The van der Waals surface area contributed by atoms with Gasteiger partial charge in [-0.25, -0.2) is 0 Å². The lowest BCUT2D eigenvalue weighted by molar-refractivity contribution is -0.127. The Labute approximate surface area is 144 Å². The van der Waals surface area contributed by atoms with E-state index >= 15 is 0 Å². The molecule has 0 saturated carbocycles. The van der Waals surface area contributed by atoms with Gasteiger partial charge in [-0.15, -0.1) is 0 Å². The minimum atomic E-state index is -0.310. The highest BCUT2D eigenvalue weighted by Gasteiger charge is 2.49. The zero-order valence-corrected chi connectivity index (χ0v) is 14.5. The normalized spacial score (nSPS) is 20.1. The van der Waals surface area contributed by atoms with Crippen LogP contribution >= 0.6 is 11.3 Å². The number of amides is 2. The number of likely N-dealkylation sites (tertiary alicyclic amines) is 1. The van der Waals surface area contributed by atoms with Crippen molar-refractivity contribution >= 4 is 29.0 Å². The molecule has 2 aliphatic rings. The van der Waals surface area contributed by atoms with Crippen molar-refractivity contribution in [1.82, 2.24) is 14.7 Å². The smallest absolute Gasteiger partial charge is 0.254 e. The van der Waals surface area contributed by atoms with Crippen LogP contribution in [-0.2, 0) is 11.8 Å². The Hall–Kier alpha value is -2.15. The van der Waals surface area contributed by atoms with E-state index in [2.05, 4.69) is 5.10 Å². The number of aromatic nitrogens is 2. The van der Waals surface area contributed by atoms with Gasteiger partial charge in [-0.1, -0.05) is 0 Å². The predicted octanol–water partition coefficient (Wildman–Crippen LogP) is 2.14. The second-order valence-corrected chi connectivity index (χ2v) is 7.38. The van der Waals surface area contributed by atoms with E-state index in [0.29, 0.717) is 13.1 Å². The summed E-state index contributed by atoms with van der Waals surface area (Å²) in [6.07, 6.45) is 4.07. The maximum absolute atomic E-state index is 13.0. The molecule has 2 fully saturated rings. The van der Waals surface area contributed by atoms with Crippen molar-refractivity contribution in [3.8, 4) is 0 Å². The SMILES string of the molecule is Cn1nccc1N1CCC2(CCN(C(=O)c3ccsc3)CC2)C1=O. The van der Waals surface area contributed by atoms with Crippen molar-refractivity contribution < 1.29 is 9.59 Å². The Morgan fingerprint density at radius 3 is 2.58 bits per heavy atom. The molecule has 1 spiro atoms. The molecular weight excluding hydrogens is 324 g/mol. The van der Waals surface area contributed by atoms with Gasteiger partial charge in [-0.2, -0.15) is 16.4 Å². The highest BCUT2D eigenvalue weighted by molar-refractivity contribution is 7.08. The number of rotatable bonds is 2. The van der Waals surface area contributed by atoms with Crippen LogP contribution in [0.4, 0.5) is 5.82 Å². The summed E-state index contributed by atoms with van der Waals surface area (Å²) in [6, 6.07) is 3.74. The molecule has 0 N–H and O–H groups in total. The van der Waals surface area contributed by atoms with E-state index in [-0.39, 0.29) is 17.2 Å². The Kier molecular flexibility index (Phi) is 3.68. The van der Waals surface area contributed by atoms with Crippen LogP contribution in [0.5, 0.6) is 0 Å². The van der Waals surface area contributed by atoms with Crippen LogP contribution in [0, 0.1) is 5.41 Å². The first kappa shape index (κ1) is 15.4. The molecule has 4 heterocycles. The highest BCUT2D eigenvalue weighted by atomic mass is 32.1. The largest absolute Gasteiger partial charge is 0.339 e. The maximum Gasteiger partial charge on any atom is 0.254 e. The fraction of sp³-hybridized carbons (Fsp3) is 0.471. The molecule has 0 aliphatic carbocycles. The lowest BCUT2D eigenvalue weighted by Gasteiger charge is -2.37. The van der Waals surface area contributed by atoms with Crippen molar-refractivity contribution in [1.29, 1.82) is 0 Å². The number of carbonyl (C=O) groups is 2. The number of carbonyl (C=O) groups excluding carboxylic acids is 2. The molecule has 0 radical (unpaired) electrons. The standard InChI is InChI=1S/C17H20N4O2S/c1-19-14(2-7-18-19)21-10-6-17(16(21)23)4-8-20(9-5-17)15(22)13-3-11-24-12-13/h2-3,7,11-12H,4-6,8-10H2,1H3. The van der Waals surface area contributed by atoms with Gasteiger partial charge in [0.15, 0.2) is 0 Å². The van der Waals surface area contributed by atoms with Crippen LogP contribution < -0.4 is 4.90 Å². The summed E-state index contributed by atoms with van der Waals surface area (Å²) in [4.78, 5) is 29.2. The lowest BCUT2D eigenvalue weighted by atomic mass is 9.77. The second kappa shape index (κ2) is 5.73. The van der Waals surface area contributed by atoms with Crippen LogP contribution in [-0.4, -0.2) is 46.1 Å². The molecule has 4 rings (SSSR count). The molecule has 0 aromatic carbocycles. The van der Waals surface area contributed by atoms with E-state index < -0.39 is 0 Å². The molecule has 0 bridgehead atoms. The van der Waals surface area contributed by atoms with Crippen molar-refractivity contribution in [2.45, 2.75) is 19.3 Å². The Morgan fingerprint density at radius 2 is 1.96 bits per heavy atom. The van der Waals surface area contributed by atoms with Gasteiger partial charge in [0, 0.05) is 38.1 Å². The summed E-state index contributed by atoms with van der Waals surface area (Å²) >= 11 is 1.53. The highest BCUT2D eigenvalue weighted by Crippen LogP contribution is 2.43. The number of piperidine rings is 1. The summed E-state index contributed by atoms with van der Waals surface area (Å²) in [6.45, 7) is 2.04. The number of hydrogen-bond donors (Lipinski definition) is 0. The fourth-order valence-corrected chi connectivity index (χ4v) is 4.47. The Balaban J connectivity index is 1.46. The zero-order chi connectivity index (χ0) is 16.7.